The molecule has 0 spiro atoms. The van der Waals surface area contributed by atoms with E-state index in [1.807, 2.05) is 25.1 Å². The quantitative estimate of drug-likeness (QED) is 0.857. The van der Waals surface area contributed by atoms with Crippen LogP contribution in [-0.4, -0.2) is 46.8 Å². The number of hydrogen-bond donors (Lipinski definition) is 0. The Morgan fingerprint density at radius 2 is 2.30 bits per heavy atom. The number of thioether (sulfide) groups is 1. The van der Waals surface area contributed by atoms with E-state index in [0.717, 1.165) is 5.56 Å². The highest BCUT2D eigenvalue weighted by molar-refractivity contribution is 8.00. The Kier molecular flexibility index (Phi) is 4.94. The van der Waals surface area contributed by atoms with Gasteiger partial charge in [0.1, 0.15) is 6.54 Å². The van der Waals surface area contributed by atoms with Crippen LogP contribution in [0.3, 0.4) is 0 Å². The van der Waals surface area contributed by atoms with Crippen molar-refractivity contribution in [3.63, 3.8) is 0 Å². The van der Waals surface area contributed by atoms with Gasteiger partial charge in [0, 0.05) is 12.1 Å². The zero-order valence-electron chi connectivity index (χ0n) is 11.5. The van der Waals surface area contributed by atoms with Crippen LogP contribution >= 0.6 is 23.4 Å². The van der Waals surface area contributed by atoms with Crippen LogP contribution < -0.4 is 0 Å². The summed E-state index contributed by atoms with van der Waals surface area (Å²) in [5, 5.41) is 0.654. The van der Waals surface area contributed by atoms with Gasteiger partial charge < -0.3 is 9.80 Å². The van der Waals surface area contributed by atoms with Crippen molar-refractivity contribution in [2.75, 3.05) is 25.2 Å². The molecule has 6 heteroatoms. The fraction of sp³-hybridized carbons (Fsp3) is 0.429. The van der Waals surface area contributed by atoms with Crippen molar-refractivity contribution in [3.8, 4) is 0 Å². The first-order valence-electron chi connectivity index (χ1n) is 6.35. The molecule has 20 heavy (non-hydrogen) atoms. The first kappa shape index (κ1) is 15.2. The number of amides is 2. The van der Waals surface area contributed by atoms with Crippen LogP contribution in [0.4, 0.5) is 0 Å². The first-order chi connectivity index (χ1) is 9.49. The third-order valence-electron chi connectivity index (χ3n) is 3.46. The number of benzene rings is 1. The maximum Gasteiger partial charge on any atom is 0.242 e. The van der Waals surface area contributed by atoms with Gasteiger partial charge in [-0.15, -0.1) is 11.8 Å². The molecular formula is C14H17ClN2O2S. The minimum Gasteiger partial charge on any atom is -0.337 e. The molecule has 0 saturated carbocycles. The summed E-state index contributed by atoms with van der Waals surface area (Å²) < 4.78 is 0. The number of carbonyl (C=O) groups is 2. The Balaban J connectivity index is 2.00. The molecule has 0 aliphatic carbocycles. The molecule has 1 unspecified atom stereocenters. The van der Waals surface area contributed by atoms with E-state index >= 15 is 0 Å². The van der Waals surface area contributed by atoms with E-state index in [2.05, 4.69) is 0 Å². The lowest BCUT2D eigenvalue weighted by atomic mass is 10.1. The molecule has 108 valence electrons. The molecule has 2 rings (SSSR count). The molecule has 1 aromatic rings. The Bertz CT molecular complexity index is 524. The van der Waals surface area contributed by atoms with Crippen molar-refractivity contribution >= 4 is 35.2 Å². The molecule has 1 heterocycles. The van der Waals surface area contributed by atoms with E-state index < -0.39 is 0 Å². The lowest BCUT2D eigenvalue weighted by molar-refractivity contribution is -0.138. The smallest absolute Gasteiger partial charge is 0.242 e. The van der Waals surface area contributed by atoms with Crippen molar-refractivity contribution in [2.24, 2.45) is 0 Å². The standard InChI is InChI=1S/C14H17ClN2O2S/c1-10(11-4-3-5-12(15)6-11)16(2)13(18)7-17-9-20-8-14(17)19/h3-6,10H,7-9H2,1-2H3. The average Bonchev–Trinajstić information content (AvgIpc) is 2.82. The molecular weight excluding hydrogens is 296 g/mol. The van der Waals surface area contributed by atoms with E-state index in [0.29, 0.717) is 16.7 Å². The summed E-state index contributed by atoms with van der Waals surface area (Å²) in [5.74, 6) is 1.05. The predicted octanol–water partition coefficient (Wildman–Crippen LogP) is 2.39. The molecule has 0 bridgehead atoms. The Morgan fingerprint density at radius 3 is 2.90 bits per heavy atom. The van der Waals surface area contributed by atoms with E-state index in [1.54, 1.807) is 22.9 Å². The number of likely N-dealkylation sites (N-methyl/N-ethyl adjacent to an activating group) is 1. The fourth-order valence-electron chi connectivity index (χ4n) is 2.02. The second-order valence-corrected chi connectivity index (χ2v) is 6.20. The van der Waals surface area contributed by atoms with Gasteiger partial charge in [0.2, 0.25) is 11.8 Å². The van der Waals surface area contributed by atoms with Crippen LogP contribution in [0.2, 0.25) is 5.02 Å². The second kappa shape index (κ2) is 6.50. The van der Waals surface area contributed by atoms with Crippen LogP contribution in [0.1, 0.15) is 18.5 Å². The van der Waals surface area contributed by atoms with Gasteiger partial charge in [-0.25, -0.2) is 0 Å². The Labute approximate surface area is 128 Å². The highest BCUT2D eigenvalue weighted by atomic mass is 35.5. The van der Waals surface area contributed by atoms with Gasteiger partial charge in [-0.05, 0) is 24.6 Å². The molecule has 1 saturated heterocycles. The van der Waals surface area contributed by atoms with Crippen LogP contribution in [0.15, 0.2) is 24.3 Å². The minimum absolute atomic E-state index is 0.0344. The van der Waals surface area contributed by atoms with Crippen molar-refractivity contribution in [2.45, 2.75) is 13.0 Å². The third kappa shape index (κ3) is 3.46. The zero-order valence-corrected chi connectivity index (χ0v) is 13.1. The lowest BCUT2D eigenvalue weighted by Gasteiger charge is -2.27. The molecule has 1 aromatic carbocycles. The number of halogens is 1. The van der Waals surface area contributed by atoms with Crippen LogP contribution in [0.25, 0.3) is 0 Å². The van der Waals surface area contributed by atoms with Crippen LogP contribution in [0, 0.1) is 0 Å². The molecule has 1 aliphatic heterocycles. The van der Waals surface area contributed by atoms with Gasteiger partial charge in [0.15, 0.2) is 0 Å². The topological polar surface area (TPSA) is 40.6 Å². The van der Waals surface area contributed by atoms with Gasteiger partial charge in [-0.1, -0.05) is 23.7 Å². The Morgan fingerprint density at radius 1 is 1.55 bits per heavy atom. The van der Waals surface area contributed by atoms with Gasteiger partial charge in [-0.2, -0.15) is 0 Å². The molecule has 1 fully saturated rings. The fourth-order valence-corrected chi connectivity index (χ4v) is 3.12. The van der Waals surface area contributed by atoms with Crippen LogP contribution in [0.5, 0.6) is 0 Å². The van der Waals surface area contributed by atoms with Crippen LogP contribution in [-0.2, 0) is 9.59 Å². The SMILES string of the molecule is CC(c1cccc(Cl)c1)N(C)C(=O)CN1CSCC1=O. The van der Waals surface area contributed by atoms with Crippen molar-refractivity contribution in [1.82, 2.24) is 9.80 Å². The van der Waals surface area contributed by atoms with Gasteiger partial charge in [0.05, 0.1) is 17.7 Å². The molecule has 4 nitrogen and oxygen atoms in total. The van der Waals surface area contributed by atoms with Crippen molar-refractivity contribution in [3.05, 3.63) is 34.9 Å². The van der Waals surface area contributed by atoms with Crippen molar-refractivity contribution in [1.29, 1.82) is 0 Å². The normalized spacial score (nSPS) is 16.4. The summed E-state index contributed by atoms with van der Waals surface area (Å²) in [6.45, 7) is 2.09. The summed E-state index contributed by atoms with van der Waals surface area (Å²) in [5.41, 5.74) is 0.982. The zero-order chi connectivity index (χ0) is 14.7. The van der Waals surface area contributed by atoms with E-state index in [4.69, 9.17) is 11.6 Å². The van der Waals surface area contributed by atoms with Gasteiger partial charge in [-0.3, -0.25) is 9.59 Å². The largest absolute Gasteiger partial charge is 0.337 e. The van der Waals surface area contributed by atoms with Gasteiger partial charge in [0.25, 0.3) is 0 Å². The summed E-state index contributed by atoms with van der Waals surface area (Å²) in [4.78, 5) is 27.0. The summed E-state index contributed by atoms with van der Waals surface area (Å²) in [7, 11) is 1.75. The summed E-state index contributed by atoms with van der Waals surface area (Å²) >= 11 is 7.51. The number of nitrogens with zero attached hydrogens (tertiary/aromatic N) is 2. The van der Waals surface area contributed by atoms with E-state index in [9.17, 15) is 9.59 Å². The first-order valence-corrected chi connectivity index (χ1v) is 7.89. The maximum absolute atomic E-state index is 12.2. The number of hydrogen-bond acceptors (Lipinski definition) is 3. The summed E-state index contributed by atoms with van der Waals surface area (Å²) in [6.07, 6.45) is 0. The van der Waals surface area contributed by atoms with E-state index in [1.165, 1.54) is 11.8 Å². The average molecular weight is 313 g/mol. The van der Waals surface area contributed by atoms with E-state index in [-0.39, 0.29) is 24.4 Å². The monoisotopic (exact) mass is 312 g/mol. The van der Waals surface area contributed by atoms with Gasteiger partial charge >= 0.3 is 0 Å². The predicted molar refractivity (Wildman–Crippen MR) is 81.7 cm³/mol. The molecule has 2 amide bonds. The maximum atomic E-state index is 12.2. The molecule has 1 aliphatic rings. The number of rotatable bonds is 4. The summed E-state index contributed by atoms with van der Waals surface area (Å²) in [6, 6.07) is 7.39. The lowest BCUT2D eigenvalue weighted by Crippen LogP contribution is -2.40. The third-order valence-corrected chi connectivity index (χ3v) is 4.64. The highest BCUT2D eigenvalue weighted by Crippen LogP contribution is 2.22. The second-order valence-electron chi connectivity index (χ2n) is 4.80. The number of carbonyl (C=O) groups excluding carboxylic acids is 2. The molecule has 0 N–H and O–H groups in total. The van der Waals surface area contributed by atoms with Crippen molar-refractivity contribution < 1.29 is 9.59 Å². The highest BCUT2D eigenvalue weighted by Gasteiger charge is 2.26. The molecule has 0 aromatic heterocycles. The molecule has 0 radical (unpaired) electrons. The Hall–Kier alpha value is -1.20. The minimum atomic E-state index is -0.0773. The molecule has 1 atom stereocenters.